The highest BCUT2D eigenvalue weighted by atomic mass is 19.1. The summed E-state index contributed by atoms with van der Waals surface area (Å²) in [6.07, 6.45) is 2.97. The maximum atomic E-state index is 11.5. The van der Waals surface area contributed by atoms with E-state index in [0.717, 1.165) is 12.8 Å². The Morgan fingerprint density at radius 3 is 2.50 bits per heavy atom. The molecule has 0 bridgehead atoms. The van der Waals surface area contributed by atoms with Gasteiger partial charge in [0.05, 0.1) is 6.67 Å². The first-order chi connectivity index (χ1) is 3.81. The summed E-state index contributed by atoms with van der Waals surface area (Å²) in [5, 5.41) is 0. The number of hydrogen-bond donors (Lipinski definition) is 0. The largest absolute Gasteiger partial charge is 0.251 e. The SMILES string of the molecule is CC[C@@H](C)CCCF. The van der Waals surface area contributed by atoms with E-state index in [-0.39, 0.29) is 6.67 Å². The Morgan fingerprint density at radius 2 is 2.12 bits per heavy atom. The molecule has 0 aromatic rings. The van der Waals surface area contributed by atoms with Crippen molar-refractivity contribution in [1.82, 2.24) is 0 Å². The average Bonchev–Trinajstić information content (AvgIpc) is 1.83. The first kappa shape index (κ1) is 7.93. The van der Waals surface area contributed by atoms with Crippen LogP contribution in [0.15, 0.2) is 0 Å². The number of rotatable bonds is 4. The minimum absolute atomic E-state index is 0.148. The van der Waals surface area contributed by atoms with Crippen LogP contribution in [0.25, 0.3) is 0 Å². The molecule has 0 aliphatic heterocycles. The summed E-state index contributed by atoms with van der Waals surface area (Å²) in [6.45, 7) is 4.16. The zero-order valence-corrected chi connectivity index (χ0v) is 5.78. The molecule has 0 nitrogen and oxygen atoms in total. The van der Waals surface area contributed by atoms with E-state index >= 15 is 0 Å². The van der Waals surface area contributed by atoms with Crippen LogP contribution in [0.1, 0.15) is 33.1 Å². The highest BCUT2D eigenvalue weighted by Crippen LogP contribution is 2.08. The van der Waals surface area contributed by atoms with Crippen molar-refractivity contribution in [1.29, 1.82) is 0 Å². The van der Waals surface area contributed by atoms with E-state index in [4.69, 9.17) is 0 Å². The molecule has 0 saturated heterocycles. The van der Waals surface area contributed by atoms with Gasteiger partial charge in [-0.3, -0.25) is 4.39 Å². The topological polar surface area (TPSA) is 0 Å². The molecule has 0 heterocycles. The summed E-state index contributed by atoms with van der Waals surface area (Å²) >= 11 is 0. The first-order valence-corrected chi connectivity index (χ1v) is 3.37. The highest BCUT2D eigenvalue weighted by molar-refractivity contribution is 4.48. The molecule has 0 aromatic carbocycles. The fourth-order valence-corrected chi connectivity index (χ4v) is 0.630. The van der Waals surface area contributed by atoms with E-state index in [1.807, 2.05) is 0 Å². The molecule has 50 valence electrons. The Hall–Kier alpha value is -0.0700. The number of alkyl halides is 1. The van der Waals surface area contributed by atoms with Crippen LogP contribution < -0.4 is 0 Å². The minimum Gasteiger partial charge on any atom is -0.251 e. The van der Waals surface area contributed by atoms with Crippen LogP contribution in [0.2, 0.25) is 0 Å². The Labute approximate surface area is 51.1 Å². The molecule has 0 N–H and O–H groups in total. The molecule has 0 saturated carbocycles. The first-order valence-electron chi connectivity index (χ1n) is 3.37. The third-order valence-electron chi connectivity index (χ3n) is 1.53. The number of hydrogen-bond acceptors (Lipinski definition) is 0. The van der Waals surface area contributed by atoms with E-state index < -0.39 is 0 Å². The Morgan fingerprint density at radius 1 is 1.50 bits per heavy atom. The maximum absolute atomic E-state index is 11.5. The standard InChI is InChI=1S/C7H15F/c1-3-7(2)5-4-6-8/h7H,3-6H2,1-2H3/t7-/m1/s1. The lowest BCUT2D eigenvalue weighted by molar-refractivity contribution is 0.412. The van der Waals surface area contributed by atoms with Gasteiger partial charge in [0.2, 0.25) is 0 Å². The van der Waals surface area contributed by atoms with Crippen LogP contribution in [0.5, 0.6) is 0 Å². The van der Waals surface area contributed by atoms with Gasteiger partial charge in [-0.2, -0.15) is 0 Å². The van der Waals surface area contributed by atoms with Crippen molar-refractivity contribution in [2.45, 2.75) is 33.1 Å². The van der Waals surface area contributed by atoms with Crippen molar-refractivity contribution < 1.29 is 4.39 Å². The van der Waals surface area contributed by atoms with Gasteiger partial charge in [-0.05, 0) is 18.8 Å². The molecule has 0 unspecified atom stereocenters. The second-order valence-electron chi connectivity index (χ2n) is 2.34. The van der Waals surface area contributed by atoms with E-state index in [1.165, 1.54) is 6.42 Å². The van der Waals surface area contributed by atoms with Crippen molar-refractivity contribution in [3.8, 4) is 0 Å². The molecular formula is C7H15F. The van der Waals surface area contributed by atoms with Crippen LogP contribution in [-0.2, 0) is 0 Å². The lowest BCUT2D eigenvalue weighted by Gasteiger charge is -2.03. The summed E-state index contributed by atoms with van der Waals surface area (Å²) in [5.74, 6) is 0.714. The fourth-order valence-electron chi connectivity index (χ4n) is 0.630. The highest BCUT2D eigenvalue weighted by Gasteiger charge is 1.95. The molecular weight excluding hydrogens is 103 g/mol. The molecule has 8 heavy (non-hydrogen) atoms. The third-order valence-corrected chi connectivity index (χ3v) is 1.53. The molecule has 0 spiro atoms. The summed E-state index contributed by atoms with van der Waals surface area (Å²) in [6, 6.07) is 0. The van der Waals surface area contributed by atoms with Crippen molar-refractivity contribution >= 4 is 0 Å². The van der Waals surface area contributed by atoms with Gasteiger partial charge in [0.25, 0.3) is 0 Å². The minimum atomic E-state index is -0.148. The van der Waals surface area contributed by atoms with Crippen LogP contribution >= 0.6 is 0 Å². The van der Waals surface area contributed by atoms with Gasteiger partial charge in [-0.15, -0.1) is 0 Å². The maximum Gasteiger partial charge on any atom is 0.0894 e. The van der Waals surface area contributed by atoms with E-state index in [0.29, 0.717) is 5.92 Å². The van der Waals surface area contributed by atoms with Crippen molar-refractivity contribution in [3.63, 3.8) is 0 Å². The zero-order chi connectivity index (χ0) is 6.41. The van der Waals surface area contributed by atoms with Gasteiger partial charge in [0, 0.05) is 0 Å². The predicted octanol–water partition coefficient (Wildman–Crippen LogP) is 2.78. The summed E-state index contributed by atoms with van der Waals surface area (Å²) in [7, 11) is 0. The summed E-state index contributed by atoms with van der Waals surface area (Å²) in [5.41, 5.74) is 0. The number of halogens is 1. The van der Waals surface area contributed by atoms with Gasteiger partial charge < -0.3 is 0 Å². The molecule has 0 aliphatic rings. The van der Waals surface area contributed by atoms with Crippen LogP contribution in [-0.4, -0.2) is 6.67 Å². The second kappa shape index (κ2) is 5.07. The van der Waals surface area contributed by atoms with Gasteiger partial charge in [0.15, 0.2) is 0 Å². The summed E-state index contributed by atoms with van der Waals surface area (Å²) < 4.78 is 11.5. The van der Waals surface area contributed by atoms with Crippen molar-refractivity contribution in [2.24, 2.45) is 5.92 Å². The van der Waals surface area contributed by atoms with Gasteiger partial charge in [-0.1, -0.05) is 20.3 Å². The van der Waals surface area contributed by atoms with Crippen LogP contribution in [0.4, 0.5) is 4.39 Å². The summed E-state index contributed by atoms with van der Waals surface area (Å²) in [4.78, 5) is 0. The normalized spacial score (nSPS) is 13.9. The molecule has 1 heteroatoms. The van der Waals surface area contributed by atoms with Crippen LogP contribution in [0.3, 0.4) is 0 Å². The molecule has 0 amide bonds. The predicted molar refractivity (Wildman–Crippen MR) is 34.7 cm³/mol. The zero-order valence-electron chi connectivity index (χ0n) is 5.78. The van der Waals surface area contributed by atoms with Gasteiger partial charge in [-0.25, -0.2) is 0 Å². The van der Waals surface area contributed by atoms with Crippen LogP contribution in [0, 0.1) is 5.92 Å². The molecule has 0 rings (SSSR count). The molecule has 1 atom stereocenters. The fraction of sp³-hybridized carbons (Fsp3) is 1.00. The van der Waals surface area contributed by atoms with E-state index in [1.54, 1.807) is 0 Å². The molecule has 0 aromatic heterocycles. The average molecular weight is 118 g/mol. The van der Waals surface area contributed by atoms with Gasteiger partial charge >= 0.3 is 0 Å². The van der Waals surface area contributed by atoms with E-state index in [2.05, 4.69) is 13.8 Å². The molecule has 0 aliphatic carbocycles. The quantitative estimate of drug-likeness (QED) is 0.532. The van der Waals surface area contributed by atoms with Gasteiger partial charge in [0.1, 0.15) is 0 Å². The third kappa shape index (κ3) is 4.10. The smallest absolute Gasteiger partial charge is 0.0894 e. The van der Waals surface area contributed by atoms with Crippen molar-refractivity contribution in [3.05, 3.63) is 0 Å². The second-order valence-corrected chi connectivity index (χ2v) is 2.34. The lowest BCUT2D eigenvalue weighted by atomic mass is 10.0. The van der Waals surface area contributed by atoms with Crippen molar-refractivity contribution in [2.75, 3.05) is 6.67 Å². The Kier molecular flexibility index (Phi) is 5.03. The Bertz CT molecular complexity index is 43.7. The molecule has 0 fully saturated rings. The lowest BCUT2D eigenvalue weighted by Crippen LogP contribution is -1.91. The Balaban J connectivity index is 2.86. The van der Waals surface area contributed by atoms with E-state index in [9.17, 15) is 4.39 Å². The monoisotopic (exact) mass is 118 g/mol. The molecule has 0 radical (unpaired) electrons.